The molecule has 1 aromatic heterocycles. The smallest absolute Gasteiger partial charge is 0.275 e. The Bertz CT molecular complexity index is 880. The van der Waals surface area contributed by atoms with Crippen LogP contribution < -0.4 is 10.2 Å². The average Bonchev–Trinajstić information content (AvgIpc) is 3.05. The summed E-state index contributed by atoms with van der Waals surface area (Å²) in [5.41, 5.74) is 5.01. The predicted molar refractivity (Wildman–Crippen MR) is 111 cm³/mol. The highest BCUT2D eigenvalue weighted by Crippen LogP contribution is 2.17. The van der Waals surface area contributed by atoms with E-state index >= 15 is 0 Å². The van der Waals surface area contributed by atoms with Crippen molar-refractivity contribution in [2.75, 3.05) is 20.1 Å². The second-order valence-electron chi connectivity index (χ2n) is 7.67. The lowest BCUT2D eigenvalue weighted by Gasteiger charge is -2.14. The standard InChI is InChI=1S/C23H29N3O/c1-17(2)19-10-8-18(9-11-19)15-26(3)16-23(27)24-13-12-20-14-25-22-7-5-4-6-21(20)22/h4-11,14,17,25H,12-13,15-16H2,1-3H3,(H,24,27)/p+1. The van der Waals surface area contributed by atoms with Crippen LogP contribution in [0.1, 0.15) is 36.5 Å². The molecule has 4 nitrogen and oxygen atoms in total. The number of hydrogen-bond acceptors (Lipinski definition) is 1. The number of quaternary nitrogens is 1. The van der Waals surface area contributed by atoms with Crippen molar-refractivity contribution < 1.29 is 9.69 Å². The Morgan fingerprint density at radius 3 is 2.59 bits per heavy atom. The van der Waals surface area contributed by atoms with Crippen LogP contribution in [0.5, 0.6) is 0 Å². The molecule has 0 spiro atoms. The number of nitrogens with one attached hydrogen (secondary N) is 3. The first-order valence-corrected chi connectivity index (χ1v) is 9.74. The van der Waals surface area contributed by atoms with Gasteiger partial charge in [0.25, 0.3) is 5.91 Å². The van der Waals surface area contributed by atoms with Crippen LogP contribution in [0.25, 0.3) is 10.9 Å². The van der Waals surface area contributed by atoms with Crippen molar-refractivity contribution in [1.82, 2.24) is 10.3 Å². The maximum Gasteiger partial charge on any atom is 0.275 e. The second kappa shape index (κ2) is 8.87. The molecule has 2 aromatic carbocycles. The average molecular weight is 365 g/mol. The fraction of sp³-hybridized carbons (Fsp3) is 0.348. The van der Waals surface area contributed by atoms with Gasteiger partial charge in [-0.15, -0.1) is 0 Å². The SMILES string of the molecule is CC(C)c1ccc(C[NH+](C)CC(=O)NCCc2c[nH]c3ccccc23)cc1. The van der Waals surface area contributed by atoms with E-state index in [4.69, 9.17) is 0 Å². The molecule has 27 heavy (non-hydrogen) atoms. The summed E-state index contributed by atoms with van der Waals surface area (Å²) in [5, 5.41) is 4.29. The monoisotopic (exact) mass is 364 g/mol. The summed E-state index contributed by atoms with van der Waals surface area (Å²) in [6.07, 6.45) is 2.88. The highest BCUT2D eigenvalue weighted by Gasteiger charge is 2.11. The maximum absolute atomic E-state index is 12.2. The molecule has 3 aromatic rings. The Labute approximate surface area is 161 Å². The maximum atomic E-state index is 12.2. The third-order valence-electron chi connectivity index (χ3n) is 5.01. The lowest BCUT2D eigenvalue weighted by atomic mass is 10.0. The molecule has 1 heterocycles. The van der Waals surface area contributed by atoms with Gasteiger partial charge < -0.3 is 15.2 Å². The second-order valence-corrected chi connectivity index (χ2v) is 7.67. The molecule has 0 aliphatic heterocycles. The third kappa shape index (κ3) is 5.20. The third-order valence-corrected chi connectivity index (χ3v) is 5.01. The van der Waals surface area contributed by atoms with E-state index in [1.165, 1.54) is 27.0 Å². The Hall–Kier alpha value is -2.59. The molecule has 0 saturated heterocycles. The minimum atomic E-state index is 0.103. The summed E-state index contributed by atoms with van der Waals surface area (Å²) in [7, 11) is 2.07. The molecule has 3 rings (SSSR count). The number of aromatic nitrogens is 1. The first kappa shape index (κ1) is 19.2. The summed E-state index contributed by atoms with van der Waals surface area (Å²) in [6, 6.07) is 17.0. The van der Waals surface area contributed by atoms with Gasteiger partial charge in [-0.3, -0.25) is 4.79 Å². The van der Waals surface area contributed by atoms with Gasteiger partial charge in [0.05, 0.1) is 7.05 Å². The molecule has 3 N–H and O–H groups in total. The number of para-hydroxylation sites is 1. The van der Waals surface area contributed by atoms with Crippen LogP contribution in [-0.4, -0.2) is 31.0 Å². The van der Waals surface area contributed by atoms with Crippen LogP contribution in [0.3, 0.4) is 0 Å². The molecular formula is C23H30N3O+. The first-order chi connectivity index (χ1) is 13.0. The molecule has 0 fully saturated rings. The van der Waals surface area contributed by atoms with Gasteiger partial charge in [-0.2, -0.15) is 0 Å². The molecule has 0 aliphatic rings. The number of carbonyl (C=O) groups is 1. The summed E-state index contributed by atoms with van der Waals surface area (Å²) in [6.45, 7) is 6.41. The molecule has 0 radical (unpaired) electrons. The van der Waals surface area contributed by atoms with Crippen molar-refractivity contribution in [3.8, 4) is 0 Å². The summed E-state index contributed by atoms with van der Waals surface area (Å²) in [5.74, 6) is 0.651. The van der Waals surface area contributed by atoms with Crippen LogP contribution >= 0.6 is 0 Å². The fourth-order valence-corrected chi connectivity index (χ4v) is 3.44. The number of fused-ring (bicyclic) bond motifs is 1. The number of benzene rings is 2. The highest BCUT2D eigenvalue weighted by atomic mass is 16.2. The zero-order chi connectivity index (χ0) is 19.2. The van der Waals surface area contributed by atoms with Crippen LogP contribution in [0.4, 0.5) is 0 Å². The molecule has 1 amide bonds. The topological polar surface area (TPSA) is 49.3 Å². The van der Waals surface area contributed by atoms with Crippen molar-refractivity contribution in [3.63, 3.8) is 0 Å². The normalized spacial score (nSPS) is 12.4. The van der Waals surface area contributed by atoms with Gasteiger partial charge in [-0.25, -0.2) is 0 Å². The number of amides is 1. The van der Waals surface area contributed by atoms with Gasteiger partial charge in [-0.1, -0.05) is 56.3 Å². The molecule has 1 atom stereocenters. The molecule has 1 unspecified atom stereocenters. The lowest BCUT2D eigenvalue weighted by molar-refractivity contribution is -0.885. The minimum absolute atomic E-state index is 0.103. The number of rotatable bonds is 8. The van der Waals surface area contributed by atoms with Gasteiger partial charge >= 0.3 is 0 Å². The zero-order valence-electron chi connectivity index (χ0n) is 16.5. The number of aromatic amines is 1. The summed E-state index contributed by atoms with van der Waals surface area (Å²) < 4.78 is 0. The Kier molecular flexibility index (Phi) is 6.30. The number of hydrogen-bond donors (Lipinski definition) is 3. The Balaban J connectivity index is 1.43. The van der Waals surface area contributed by atoms with E-state index in [0.717, 1.165) is 18.5 Å². The highest BCUT2D eigenvalue weighted by molar-refractivity contribution is 5.83. The first-order valence-electron chi connectivity index (χ1n) is 9.74. The van der Waals surface area contributed by atoms with E-state index in [0.29, 0.717) is 19.0 Å². The molecule has 142 valence electrons. The van der Waals surface area contributed by atoms with Crippen molar-refractivity contribution in [1.29, 1.82) is 0 Å². The number of carbonyl (C=O) groups excluding carboxylic acids is 1. The summed E-state index contributed by atoms with van der Waals surface area (Å²) in [4.78, 5) is 16.7. The van der Waals surface area contributed by atoms with Crippen molar-refractivity contribution in [2.45, 2.75) is 32.7 Å². The van der Waals surface area contributed by atoms with Crippen LogP contribution in [0.2, 0.25) is 0 Å². The van der Waals surface area contributed by atoms with E-state index < -0.39 is 0 Å². The molecule has 0 saturated carbocycles. The quantitative estimate of drug-likeness (QED) is 0.565. The van der Waals surface area contributed by atoms with Gasteiger partial charge in [-0.05, 0) is 29.5 Å². The van der Waals surface area contributed by atoms with E-state index in [1.807, 2.05) is 18.3 Å². The fourth-order valence-electron chi connectivity index (χ4n) is 3.44. The Morgan fingerprint density at radius 2 is 1.85 bits per heavy atom. The minimum Gasteiger partial charge on any atom is -0.361 e. The van der Waals surface area contributed by atoms with Crippen LogP contribution in [0.15, 0.2) is 54.7 Å². The van der Waals surface area contributed by atoms with Gasteiger partial charge in [0.1, 0.15) is 6.54 Å². The molecular weight excluding hydrogens is 334 g/mol. The van der Waals surface area contributed by atoms with E-state index in [1.54, 1.807) is 0 Å². The van der Waals surface area contributed by atoms with Crippen LogP contribution in [-0.2, 0) is 17.8 Å². The van der Waals surface area contributed by atoms with E-state index in [2.05, 4.69) is 67.6 Å². The lowest BCUT2D eigenvalue weighted by Crippen LogP contribution is -3.08. The number of likely N-dealkylation sites (N-methyl/N-ethyl adjacent to an activating group) is 1. The predicted octanol–water partition coefficient (Wildman–Crippen LogP) is 2.66. The van der Waals surface area contributed by atoms with Gasteiger partial charge in [0.15, 0.2) is 6.54 Å². The van der Waals surface area contributed by atoms with Crippen molar-refractivity contribution in [2.24, 2.45) is 0 Å². The van der Waals surface area contributed by atoms with Crippen LogP contribution in [0, 0.1) is 0 Å². The van der Waals surface area contributed by atoms with E-state index in [-0.39, 0.29) is 5.91 Å². The van der Waals surface area contributed by atoms with Crippen molar-refractivity contribution >= 4 is 16.8 Å². The summed E-state index contributed by atoms with van der Waals surface area (Å²) >= 11 is 0. The van der Waals surface area contributed by atoms with Crippen molar-refractivity contribution in [3.05, 3.63) is 71.4 Å². The zero-order valence-corrected chi connectivity index (χ0v) is 16.5. The molecule has 4 heteroatoms. The molecule has 0 bridgehead atoms. The number of H-pyrrole nitrogens is 1. The van der Waals surface area contributed by atoms with Gasteiger partial charge in [0.2, 0.25) is 0 Å². The molecule has 0 aliphatic carbocycles. The largest absolute Gasteiger partial charge is 0.361 e. The van der Waals surface area contributed by atoms with Gasteiger partial charge in [0, 0.05) is 29.2 Å². The van der Waals surface area contributed by atoms with E-state index in [9.17, 15) is 4.79 Å². The Morgan fingerprint density at radius 1 is 1.11 bits per heavy atom.